The molecule has 0 heterocycles. The van der Waals surface area contributed by atoms with Crippen molar-refractivity contribution in [2.24, 2.45) is 5.92 Å². The van der Waals surface area contributed by atoms with Crippen LogP contribution in [0.4, 0.5) is 0 Å². The van der Waals surface area contributed by atoms with Gasteiger partial charge in [-0.1, -0.05) is 146 Å². The highest BCUT2D eigenvalue weighted by molar-refractivity contribution is 9.10. The molecule has 3 aromatic rings. The molecule has 31 heavy (non-hydrogen) atoms. The zero-order valence-electron chi connectivity index (χ0n) is 17.8. The Bertz CT molecular complexity index is 939. The van der Waals surface area contributed by atoms with Gasteiger partial charge in [0, 0.05) is 16.1 Å². The summed E-state index contributed by atoms with van der Waals surface area (Å²) in [6.45, 7) is 2.27. The van der Waals surface area contributed by atoms with Crippen LogP contribution in [0.1, 0.15) is 36.5 Å². The third-order valence-corrected chi connectivity index (χ3v) is 7.93. The van der Waals surface area contributed by atoms with Crippen molar-refractivity contribution < 1.29 is 0 Å². The zero-order valence-corrected chi connectivity index (χ0v) is 21.0. The van der Waals surface area contributed by atoms with Gasteiger partial charge in [-0.15, -0.1) is 0 Å². The Balaban J connectivity index is 2.11. The van der Waals surface area contributed by atoms with Gasteiger partial charge in [-0.25, -0.2) is 0 Å². The van der Waals surface area contributed by atoms with Gasteiger partial charge in [-0.3, -0.25) is 0 Å². The predicted octanol–water partition coefficient (Wildman–Crippen LogP) is 8.46. The molecule has 2 atom stereocenters. The number of hydrogen-bond donors (Lipinski definition) is 0. The van der Waals surface area contributed by atoms with E-state index in [1.807, 2.05) is 0 Å². The second-order valence-corrected chi connectivity index (χ2v) is 10.2. The van der Waals surface area contributed by atoms with Gasteiger partial charge in [-0.05, 0) is 36.5 Å². The topological polar surface area (TPSA) is 0 Å². The summed E-state index contributed by atoms with van der Waals surface area (Å²) in [6.07, 6.45) is 6.67. The number of rotatable bonds is 8. The fraction of sp³-hybridized carbons (Fsp3) is 0.241. The van der Waals surface area contributed by atoms with E-state index in [0.717, 1.165) is 18.2 Å². The van der Waals surface area contributed by atoms with Crippen LogP contribution in [0, 0.1) is 5.92 Å². The summed E-state index contributed by atoms with van der Waals surface area (Å²) >= 11 is 7.89. The quantitative estimate of drug-likeness (QED) is 0.200. The van der Waals surface area contributed by atoms with Crippen molar-refractivity contribution in [2.45, 2.75) is 30.0 Å². The molecule has 3 aromatic carbocycles. The van der Waals surface area contributed by atoms with Gasteiger partial charge in [0.25, 0.3) is 0 Å². The summed E-state index contributed by atoms with van der Waals surface area (Å²) in [7, 11) is 0. The molecule has 0 radical (unpaired) electrons. The number of benzene rings is 3. The smallest absolute Gasteiger partial charge is 0.0527 e. The first-order valence-electron chi connectivity index (χ1n) is 10.9. The average molecular weight is 536 g/mol. The van der Waals surface area contributed by atoms with Crippen LogP contribution < -0.4 is 0 Å². The monoisotopic (exact) mass is 534 g/mol. The summed E-state index contributed by atoms with van der Waals surface area (Å²) < 4.78 is 0. The van der Waals surface area contributed by atoms with Crippen molar-refractivity contribution in [3.8, 4) is 0 Å². The first-order valence-corrected chi connectivity index (χ1v) is 13.0. The van der Waals surface area contributed by atoms with Crippen molar-refractivity contribution >= 4 is 31.9 Å². The van der Waals surface area contributed by atoms with Gasteiger partial charge in [0.2, 0.25) is 0 Å². The lowest BCUT2D eigenvalue weighted by atomic mass is 9.58. The molecule has 0 saturated carbocycles. The molecule has 0 amide bonds. The van der Waals surface area contributed by atoms with E-state index in [1.165, 1.54) is 27.8 Å². The lowest BCUT2D eigenvalue weighted by Gasteiger charge is -2.46. The standard InChI is InChI=1S/C29H28Br2/c1-22-12-11-19-26(22)28(27(31)20-21-30)29(23-13-5-2-6-14-23,24-15-7-3-8-16-24)25-17-9-4-10-18-25/h2-18,27-28H,19-21H2,1H3. The number of alkyl halides is 2. The van der Waals surface area contributed by atoms with Gasteiger partial charge >= 0.3 is 0 Å². The van der Waals surface area contributed by atoms with E-state index in [-0.39, 0.29) is 11.3 Å². The summed E-state index contributed by atoms with van der Waals surface area (Å²) in [6, 6.07) is 33.2. The fourth-order valence-corrected chi connectivity index (χ4v) is 7.22. The molecule has 0 saturated heterocycles. The molecule has 0 aromatic heterocycles. The minimum atomic E-state index is -0.303. The lowest BCUT2D eigenvalue weighted by Crippen LogP contribution is -2.43. The van der Waals surface area contributed by atoms with Gasteiger partial charge in [0.15, 0.2) is 0 Å². The van der Waals surface area contributed by atoms with Crippen LogP contribution in [0.15, 0.2) is 114 Å². The molecular formula is C29H28Br2. The molecule has 0 N–H and O–H groups in total. The number of hydrogen-bond acceptors (Lipinski definition) is 0. The van der Waals surface area contributed by atoms with Crippen LogP contribution in [0.2, 0.25) is 0 Å². The molecule has 4 rings (SSSR count). The second kappa shape index (κ2) is 10.1. The predicted molar refractivity (Wildman–Crippen MR) is 140 cm³/mol. The van der Waals surface area contributed by atoms with Gasteiger partial charge in [0.1, 0.15) is 0 Å². The second-order valence-electron chi connectivity index (χ2n) is 8.19. The summed E-state index contributed by atoms with van der Waals surface area (Å²) in [5, 5.41) is 0.966. The van der Waals surface area contributed by atoms with E-state index in [1.54, 1.807) is 0 Å². The molecule has 0 fully saturated rings. The molecule has 1 aliphatic rings. The molecule has 2 unspecified atom stereocenters. The van der Waals surface area contributed by atoms with E-state index < -0.39 is 0 Å². The van der Waals surface area contributed by atoms with Crippen molar-refractivity contribution in [1.82, 2.24) is 0 Å². The molecule has 0 spiro atoms. The normalized spacial score (nSPS) is 15.8. The Labute approximate surface area is 203 Å². The maximum Gasteiger partial charge on any atom is 0.0527 e. The van der Waals surface area contributed by atoms with Crippen LogP contribution in [-0.2, 0) is 5.41 Å². The molecular weight excluding hydrogens is 508 g/mol. The van der Waals surface area contributed by atoms with Crippen LogP contribution in [-0.4, -0.2) is 10.2 Å². The number of allylic oxidation sites excluding steroid dienone is 4. The zero-order chi connectivity index (χ0) is 21.7. The highest BCUT2D eigenvalue weighted by Gasteiger charge is 2.48. The lowest BCUT2D eigenvalue weighted by molar-refractivity contribution is 0.406. The summed E-state index contributed by atoms with van der Waals surface area (Å²) in [4.78, 5) is 0.317. The third kappa shape index (κ3) is 4.25. The van der Waals surface area contributed by atoms with E-state index in [0.29, 0.717) is 4.83 Å². The maximum atomic E-state index is 4.18. The van der Waals surface area contributed by atoms with Crippen LogP contribution >= 0.6 is 31.9 Å². The van der Waals surface area contributed by atoms with Gasteiger partial charge < -0.3 is 0 Å². The van der Waals surface area contributed by atoms with Crippen LogP contribution in [0.5, 0.6) is 0 Å². The first-order chi connectivity index (χ1) is 15.2. The Kier molecular flexibility index (Phi) is 7.30. The molecule has 1 aliphatic carbocycles. The summed E-state index contributed by atoms with van der Waals surface area (Å²) in [5.74, 6) is 0.271. The Morgan fingerprint density at radius 1 is 0.774 bits per heavy atom. The Morgan fingerprint density at radius 3 is 1.58 bits per heavy atom. The SMILES string of the molecule is CC1=C(C(C(Br)CCBr)C(c2ccccc2)(c2ccccc2)c2ccccc2)CC=C1. The maximum absolute atomic E-state index is 4.18. The molecule has 158 valence electrons. The molecule has 0 bridgehead atoms. The fourth-order valence-electron chi connectivity index (χ4n) is 5.17. The van der Waals surface area contributed by atoms with E-state index >= 15 is 0 Å². The minimum absolute atomic E-state index is 0.271. The average Bonchev–Trinajstić information content (AvgIpc) is 3.24. The van der Waals surface area contributed by atoms with Crippen molar-refractivity contribution in [1.29, 1.82) is 0 Å². The first kappa shape index (κ1) is 22.3. The minimum Gasteiger partial charge on any atom is -0.0928 e. The van der Waals surface area contributed by atoms with Crippen molar-refractivity contribution in [3.05, 3.63) is 131 Å². The van der Waals surface area contributed by atoms with Crippen LogP contribution in [0.3, 0.4) is 0 Å². The van der Waals surface area contributed by atoms with Crippen molar-refractivity contribution in [3.63, 3.8) is 0 Å². The Hall–Kier alpha value is -1.90. The van der Waals surface area contributed by atoms with E-state index in [9.17, 15) is 0 Å². The molecule has 2 heteroatoms. The molecule has 0 aliphatic heterocycles. The van der Waals surface area contributed by atoms with E-state index in [4.69, 9.17) is 0 Å². The van der Waals surface area contributed by atoms with Crippen molar-refractivity contribution in [2.75, 3.05) is 5.33 Å². The largest absolute Gasteiger partial charge is 0.0928 e. The highest BCUT2D eigenvalue weighted by Crippen LogP contribution is 2.53. The Morgan fingerprint density at radius 2 is 1.23 bits per heavy atom. The number of halogens is 2. The third-order valence-electron chi connectivity index (χ3n) is 6.49. The van der Waals surface area contributed by atoms with Gasteiger partial charge in [0.05, 0.1) is 5.41 Å². The van der Waals surface area contributed by atoms with E-state index in [2.05, 4.69) is 142 Å². The highest BCUT2D eigenvalue weighted by atomic mass is 79.9. The van der Waals surface area contributed by atoms with Gasteiger partial charge in [-0.2, -0.15) is 0 Å². The molecule has 0 nitrogen and oxygen atoms in total. The van der Waals surface area contributed by atoms with Crippen LogP contribution in [0.25, 0.3) is 0 Å². The summed E-state index contributed by atoms with van der Waals surface area (Å²) in [5.41, 5.74) is 6.63.